The van der Waals surface area contributed by atoms with Gasteiger partial charge in [0.05, 0.1) is 0 Å². The molecule has 0 N–H and O–H groups in total. The molecule has 0 bridgehead atoms. The van der Waals surface area contributed by atoms with Crippen molar-refractivity contribution in [2.45, 2.75) is 6.10 Å². The van der Waals surface area contributed by atoms with Crippen molar-refractivity contribution in [2.24, 2.45) is 0 Å². The summed E-state index contributed by atoms with van der Waals surface area (Å²) in [5.74, 6) is 2.25. The summed E-state index contributed by atoms with van der Waals surface area (Å²) in [6.45, 7) is 0. The molecule has 9 heavy (non-hydrogen) atoms. The summed E-state index contributed by atoms with van der Waals surface area (Å²) in [5, 5.41) is 0. The smallest absolute Gasteiger partial charge is 0.361 e. The second-order valence-electron chi connectivity index (χ2n) is 1.31. The van der Waals surface area contributed by atoms with Crippen LogP contribution in [-0.2, 0) is 19.7 Å². The minimum Gasteiger partial charge on any atom is -0.388 e. The third kappa shape index (κ3) is 1.56. The van der Waals surface area contributed by atoms with Gasteiger partial charge in [0.25, 0.3) is 0 Å². The second kappa shape index (κ2) is 2.67. The van der Waals surface area contributed by atoms with Crippen LogP contribution in [0.5, 0.6) is 0 Å². The maximum Gasteiger partial charge on any atom is 0.361 e. The molecular formula is C5H4O3S. The standard InChI is InChI=1S/C5H4O3S/c1-2-5-3-4-7-9(6)8-5/h1,3-5H. The quantitative estimate of drug-likeness (QED) is 0.453. The van der Waals surface area contributed by atoms with Gasteiger partial charge in [0, 0.05) is 0 Å². The van der Waals surface area contributed by atoms with Crippen molar-refractivity contribution in [3.8, 4) is 12.3 Å². The molecule has 0 saturated heterocycles. The van der Waals surface area contributed by atoms with Crippen LogP contribution in [0.15, 0.2) is 12.3 Å². The molecule has 2 unspecified atom stereocenters. The lowest BCUT2D eigenvalue weighted by molar-refractivity contribution is 0.265. The Bertz CT molecular complexity index is 191. The Balaban J connectivity index is 2.62. The molecule has 0 radical (unpaired) electrons. The first-order chi connectivity index (χ1) is 4.33. The van der Waals surface area contributed by atoms with E-state index in [1.54, 1.807) is 0 Å². The second-order valence-corrected chi connectivity index (χ2v) is 2.11. The summed E-state index contributed by atoms with van der Waals surface area (Å²) >= 11 is -1.70. The molecule has 0 fully saturated rings. The average molecular weight is 144 g/mol. The Morgan fingerprint density at radius 3 is 3.00 bits per heavy atom. The molecule has 0 aromatic carbocycles. The van der Waals surface area contributed by atoms with Gasteiger partial charge in [-0.25, -0.2) is 4.18 Å². The van der Waals surface area contributed by atoms with Crippen molar-refractivity contribution in [1.82, 2.24) is 0 Å². The van der Waals surface area contributed by atoms with Crippen LogP contribution >= 0.6 is 0 Å². The lowest BCUT2D eigenvalue weighted by atomic mass is 10.4. The average Bonchev–Trinajstić information content (AvgIpc) is 1.88. The van der Waals surface area contributed by atoms with Crippen LogP contribution in [0.2, 0.25) is 0 Å². The number of hydrogen-bond acceptors (Lipinski definition) is 3. The van der Waals surface area contributed by atoms with Gasteiger partial charge in [-0.15, -0.1) is 6.42 Å². The van der Waals surface area contributed by atoms with Crippen LogP contribution in [0.3, 0.4) is 0 Å². The minimum absolute atomic E-state index is 0.514. The fraction of sp³-hybridized carbons (Fsp3) is 0.200. The van der Waals surface area contributed by atoms with Gasteiger partial charge in [-0.3, -0.25) is 0 Å². The van der Waals surface area contributed by atoms with Gasteiger partial charge in [-0.1, -0.05) is 5.92 Å². The third-order valence-corrected chi connectivity index (χ3v) is 1.37. The molecule has 1 heterocycles. The molecule has 1 rings (SSSR count). The zero-order chi connectivity index (χ0) is 6.69. The largest absolute Gasteiger partial charge is 0.388 e. The maximum absolute atomic E-state index is 10.4. The maximum atomic E-state index is 10.4. The molecule has 0 saturated carbocycles. The minimum atomic E-state index is -1.70. The monoisotopic (exact) mass is 144 g/mol. The molecule has 1 aliphatic rings. The summed E-state index contributed by atoms with van der Waals surface area (Å²) < 4.78 is 19.3. The van der Waals surface area contributed by atoms with E-state index in [1.165, 1.54) is 12.3 Å². The third-order valence-electron chi connectivity index (χ3n) is 0.734. The van der Waals surface area contributed by atoms with Crippen molar-refractivity contribution < 1.29 is 12.6 Å². The van der Waals surface area contributed by atoms with Gasteiger partial charge < -0.3 is 4.18 Å². The normalized spacial score (nSPS) is 32.8. The number of rotatable bonds is 0. The summed E-state index contributed by atoms with van der Waals surface area (Å²) in [6.07, 6.45) is 7.20. The predicted molar refractivity (Wildman–Crippen MR) is 32.1 cm³/mol. The molecule has 0 aromatic rings. The highest BCUT2D eigenvalue weighted by Crippen LogP contribution is 2.04. The summed E-state index contributed by atoms with van der Waals surface area (Å²) in [7, 11) is 0. The fourth-order valence-electron chi connectivity index (χ4n) is 0.372. The summed E-state index contributed by atoms with van der Waals surface area (Å²) in [4.78, 5) is 0. The van der Waals surface area contributed by atoms with Crippen molar-refractivity contribution in [2.75, 3.05) is 0 Å². The van der Waals surface area contributed by atoms with Gasteiger partial charge in [0.1, 0.15) is 6.26 Å². The Morgan fingerprint density at radius 1 is 1.78 bits per heavy atom. The van der Waals surface area contributed by atoms with E-state index < -0.39 is 17.5 Å². The molecule has 2 atom stereocenters. The van der Waals surface area contributed by atoms with Gasteiger partial charge in [0.15, 0.2) is 6.10 Å². The molecular weight excluding hydrogens is 140 g/mol. The summed E-state index contributed by atoms with van der Waals surface area (Å²) in [5.41, 5.74) is 0. The number of hydrogen-bond donors (Lipinski definition) is 0. The van der Waals surface area contributed by atoms with E-state index >= 15 is 0 Å². The zero-order valence-corrected chi connectivity index (χ0v) is 5.26. The van der Waals surface area contributed by atoms with Gasteiger partial charge in [-0.2, -0.15) is 4.21 Å². The van der Waals surface area contributed by atoms with Crippen LogP contribution in [-0.4, -0.2) is 10.3 Å². The van der Waals surface area contributed by atoms with Crippen LogP contribution in [0.25, 0.3) is 0 Å². The van der Waals surface area contributed by atoms with Crippen molar-refractivity contribution in [3.05, 3.63) is 12.3 Å². The van der Waals surface area contributed by atoms with Crippen LogP contribution in [0.4, 0.5) is 0 Å². The van der Waals surface area contributed by atoms with Crippen molar-refractivity contribution in [3.63, 3.8) is 0 Å². The predicted octanol–water partition coefficient (Wildman–Crippen LogP) is 0.127. The van der Waals surface area contributed by atoms with E-state index in [4.69, 9.17) is 6.42 Å². The van der Waals surface area contributed by atoms with Crippen LogP contribution in [0.1, 0.15) is 0 Å². The van der Waals surface area contributed by atoms with E-state index in [1.807, 2.05) is 0 Å². The topological polar surface area (TPSA) is 35.5 Å². The van der Waals surface area contributed by atoms with E-state index in [0.717, 1.165) is 0 Å². The molecule has 3 nitrogen and oxygen atoms in total. The molecule has 0 aromatic heterocycles. The van der Waals surface area contributed by atoms with Crippen molar-refractivity contribution >= 4 is 11.4 Å². The van der Waals surface area contributed by atoms with Crippen LogP contribution < -0.4 is 0 Å². The lowest BCUT2D eigenvalue weighted by Gasteiger charge is -2.08. The van der Waals surface area contributed by atoms with E-state index in [0.29, 0.717) is 0 Å². The van der Waals surface area contributed by atoms with Crippen LogP contribution in [0, 0.1) is 12.3 Å². The van der Waals surface area contributed by atoms with Crippen molar-refractivity contribution in [1.29, 1.82) is 0 Å². The Kier molecular flexibility index (Phi) is 1.88. The number of terminal acetylenes is 1. The van der Waals surface area contributed by atoms with Gasteiger partial charge in [0.2, 0.25) is 0 Å². The molecule has 48 valence electrons. The van der Waals surface area contributed by atoms with E-state index in [2.05, 4.69) is 14.3 Å². The molecule has 1 aliphatic heterocycles. The highest BCUT2D eigenvalue weighted by Gasteiger charge is 2.11. The first kappa shape index (κ1) is 6.33. The fourth-order valence-corrected chi connectivity index (χ4v) is 0.861. The zero-order valence-electron chi connectivity index (χ0n) is 4.44. The molecule has 4 heteroatoms. The highest BCUT2D eigenvalue weighted by molar-refractivity contribution is 7.75. The van der Waals surface area contributed by atoms with E-state index in [-0.39, 0.29) is 0 Å². The van der Waals surface area contributed by atoms with E-state index in [9.17, 15) is 4.21 Å². The Hall–Kier alpha value is -0.790. The highest BCUT2D eigenvalue weighted by atomic mass is 32.2. The molecule has 0 amide bonds. The lowest BCUT2D eigenvalue weighted by Crippen LogP contribution is -2.14. The SMILES string of the molecule is C#CC1C=COS(=O)O1. The first-order valence-corrected chi connectivity index (χ1v) is 3.22. The molecule has 0 aliphatic carbocycles. The Labute approximate surface area is 55.5 Å². The first-order valence-electron chi connectivity index (χ1n) is 2.22. The Morgan fingerprint density at radius 2 is 2.56 bits per heavy atom. The summed E-state index contributed by atoms with van der Waals surface area (Å²) in [6, 6.07) is 0. The molecule has 0 spiro atoms. The van der Waals surface area contributed by atoms with Gasteiger partial charge >= 0.3 is 11.4 Å². The van der Waals surface area contributed by atoms with Gasteiger partial charge in [-0.05, 0) is 6.08 Å².